The highest BCUT2D eigenvalue weighted by atomic mass is 32.2. The number of aromatic nitrogens is 2. The molecule has 0 saturated carbocycles. The molecule has 0 N–H and O–H groups in total. The van der Waals surface area contributed by atoms with Gasteiger partial charge < -0.3 is 0 Å². The Bertz CT molecular complexity index is 1370. The number of hydrogen-bond donors (Lipinski definition) is 0. The van der Waals surface area contributed by atoms with Crippen LogP contribution in [-0.4, -0.2) is 30.0 Å². The molecule has 0 atom stereocenters. The van der Waals surface area contributed by atoms with Crippen LogP contribution in [0.4, 0.5) is 9.52 Å². The van der Waals surface area contributed by atoms with E-state index < -0.39 is 9.84 Å². The van der Waals surface area contributed by atoms with E-state index in [0.717, 1.165) is 11.1 Å². The average Bonchev–Trinajstić information content (AvgIpc) is 3.21. The minimum atomic E-state index is -3.48. The fourth-order valence-corrected chi connectivity index (χ4v) is 5.67. The Balaban J connectivity index is 1.52. The van der Waals surface area contributed by atoms with Crippen LogP contribution >= 0.6 is 11.3 Å². The zero-order chi connectivity index (χ0) is 23.4. The van der Waals surface area contributed by atoms with Gasteiger partial charge in [-0.1, -0.05) is 35.1 Å². The molecule has 0 unspecified atom stereocenters. The van der Waals surface area contributed by atoms with Crippen molar-refractivity contribution in [3.8, 4) is 0 Å². The summed E-state index contributed by atoms with van der Waals surface area (Å²) in [5, 5.41) is 0.436. The average molecular weight is 484 g/mol. The van der Waals surface area contributed by atoms with Gasteiger partial charge in [0.15, 0.2) is 15.0 Å². The number of aryl methyl sites for hydroxylation is 1. The lowest BCUT2D eigenvalue weighted by Crippen LogP contribution is -2.30. The second kappa shape index (κ2) is 9.76. The maximum atomic E-state index is 13.6. The van der Waals surface area contributed by atoms with Gasteiger partial charge in [-0.2, -0.15) is 0 Å². The predicted molar refractivity (Wildman–Crippen MR) is 127 cm³/mol. The number of sulfone groups is 1. The van der Waals surface area contributed by atoms with Crippen molar-refractivity contribution in [1.82, 2.24) is 9.97 Å². The summed E-state index contributed by atoms with van der Waals surface area (Å²) in [6.45, 7) is 2.13. The number of fused-ring (bicyclic) bond motifs is 1. The Hall–Kier alpha value is -3.17. The summed E-state index contributed by atoms with van der Waals surface area (Å²) in [5.41, 5.74) is 2.39. The number of amides is 1. The van der Waals surface area contributed by atoms with Crippen LogP contribution in [-0.2, 0) is 21.2 Å². The molecular formula is C24H22FN3O3S2. The molecular weight excluding hydrogens is 461 g/mol. The Morgan fingerprint density at radius 1 is 1.12 bits per heavy atom. The first-order chi connectivity index (χ1) is 15.8. The molecule has 6 nitrogen and oxygen atoms in total. The molecule has 0 bridgehead atoms. The Labute approximate surface area is 195 Å². The molecule has 0 fully saturated rings. The van der Waals surface area contributed by atoms with E-state index in [4.69, 9.17) is 0 Å². The van der Waals surface area contributed by atoms with Gasteiger partial charge >= 0.3 is 0 Å². The third-order valence-electron chi connectivity index (χ3n) is 5.12. The molecule has 0 radical (unpaired) electrons. The Morgan fingerprint density at radius 2 is 1.91 bits per heavy atom. The van der Waals surface area contributed by atoms with Gasteiger partial charge in [-0.25, -0.2) is 17.8 Å². The Kier molecular flexibility index (Phi) is 6.80. The van der Waals surface area contributed by atoms with Crippen LogP contribution in [0.5, 0.6) is 0 Å². The minimum absolute atomic E-state index is 0.0373. The SMILES string of the molecule is Cc1ccc(S(=O)(=O)CCCC(=O)N(Cc2cccnc2)c2nc3ccc(F)cc3s2)cc1. The number of halogens is 1. The van der Waals surface area contributed by atoms with Gasteiger partial charge in [0, 0.05) is 18.8 Å². The third kappa shape index (κ3) is 5.61. The van der Waals surface area contributed by atoms with E-state index in [2.05, 4.69) is 9.97 Å². The first kappa shape index (κ1) is 23.0. The fraction of sp³-hybridized carbons (Fsp3) is 0.208. The van der Waals surface area contributed by atoms with Crippen LogP contribution in [0, 0.1) is 12.7 Å². The van der Waals surface area contributed by atoms with Crippen LogP contribution < -0.4 is 4.90 Å². The minimum Gasteiger partial charge on any atom is -0.284 e. The van der Waals surface area contributed by atoms with Crippen LogP contribution in [0.1, 0.15) is 24.0 Å². The quantitative estimate of drug-likeness (QED) is 0.355. The molecule has 0 aliphatic heterocycles. The summed E-state index contributed by atoms with van der Waals surface area (Å²) < 4.78 is 39.5. The zero-order valence-corrected chi connectivity index (χ0v) is 19.6. The van der Waals surface area contributed by atoms with Gasteiger partial charge in [0.1, 0.15) is 5.82 Å². The summed E-state index contributed by atoms with van der Waals surface area (Å²) in [5.74, 6) is -0.755. The van der Waals surface area contributed by atoms with Gasteiger partial charge in [-0.15, -0.1) is 0 Å². The second-order valence-corrected chi connectivity index (χ2v) is 10.8. The lowest BCUT2D eigenvalue weighted by atomic mass is 10.2. The number of rotatable bonds is 8. The van der Waals surface area contributed by atoms with Crippen LogP contribution in [0.25, 0.3) is 10.2 Å². The smallest absolute Gasteiger partial charge is 0.229 e. The van der Waals surface area contributed by atoms with Crippen molar-refractivity contribution in [1.29, 1.82) is 0 Å². The predicted octanol–water partition coefficient (Wildman–Crippen LogP) is 4.93. The highest BCUT2D eigenvalue weighted by molar-refractivity contribution is 7.91. The Morgan fingerprint density at radius 3 is 2.64 bits per heavy atom. The third-order valence-corrected chi connectivity index (χ3v) is 7.98. The van der Waals surface area contributed by atoms with Gasteiger partial charge in [0.25, 0.3) is 0 Å². The number of carbonyl (C=O) groups excluding carboxylic acids is 1. The van der Waals surface area contributed by atoms with Gasteiger partial charge in [0.05, 0.1) is 27.4 Å². The van der Waals surface area contributed by atoms with E-state index in [1.165, 1.54) is 28.4 Å². The van der Waals surface area contributed by atoms with Crippen molar-refractivity contribution in [2.45, 2.75) is 31.2 Å². The van der Waals surface area contributed by atoms with Crippen molar-refractivity contribution in [3.05, 3.63) is 83.9 Å². The monoisotopic (exact) mass is 483 g/mol. The fourth-order valence-electron chi connectivity index (χ4n) is 3.35. The molecule has 0 saturated heterocycles. The van der Waals surface area contributed by atoms with Crippen molar-refractivity contribution in [2.24, 2.45) is 0 Å². The largest absolute Gasteiger partial charge is 0.284 e. The number of carbonyl (C=O) groups is 1. The maximum Gasteiger partial charge on any atom is 0.229 e. The summed E-state index contributed by atoms with van der Waals surface area (Å²) in [4.78, 5) is 23.5. The molecule has 0 spiro atoms. The molecule has 4 rings (SSSR count). The molecule has 0 aliphatic rings. The highest BCUT2D eigenvalue weighted by Gasteiger charge is 2.22. The van der Waals surface area contributed by atoms with E-state index in [1.54, 1.807) is 48.8 Å². The van der Waals surface area contributed by atoms with Crippen molar-refractivity contribution in [3.63, 3.8) is 0 Å². The van der Waals surface area contributed by atoms with E-state index in [9.17, 15) is 17.6 Å². The number of nitrogens with zero attached hydrogens (tertiary/aromatic N) is 3. The van der Waals surface area contributed by atoms with E-state index in [1.807, 2.05) is 13.0 Å². The van der Waals surface area contributed by atoms with E-state index in [0.29, 0.717) is 15.3 Å². The first-order valence-electron chi connectivity index (χ1n) is 10.4. The molecule has 9 heteroatoms. The van der Waals surface area contributed by atoms with E-state index in [-0.39, 0.29) is 41.8 Å². The van der Waals surface area contributed by atoms with E-state index >= 15 is 0 Å². The topological polar surface area (TPSA) is 80.2 Å². The molecule has 2 aromatic carbocycles. The van der Waals surface area contributed by atoms with Crippen LogP contribution in [0.15, 0.2) is 71.9 Å². The summed E-state index contributed by atoms with van der Waals surface area (Å²) in [7, 11) is -3.48. The molecule has 1 amide bonds. The van der Waals surface area contributed by atoms with Crippen molar-refractivity contribution < 1.29 is 17.6 Å². The lowest BCUT2D eigenvalue weighted by molar-refractivity contribution is -0.118. The van der Waals surface area contributed by atoms with Crippen LogP contribution in [0.2, 0.25) is 0 Å². The first-order valence-corrected chi connectivity index (χ1v) is 12.8. The molecule has 33 heavy (non-hydrogen) atoms. The number of benzene rings is 2. The normalized spacial score (nSPS) is 11.6. The summed E-state index contributed by atoms with van der Waals surface area (Å²) in [6, 6.07) is 14.6. The number of anilines is 1. The molecule has 4 aromatic rings. The molecule has 2 heterocycles. The molecule has 0 aliphatic carbocycles. The second-order valence-electron chi connectivity index (χ2n) is 7.69. The molecule has 170 valence electrons. The number of pyridine rings is 1. The molecule has 2 aromatic heterocycles. The summed E-state index contributed by atoms with van der Waals surface area (Å²) >= 11 is 1.22. The van der Waals surface area contributed by atoms with Crippen molar-refractivity contribution >= 4 is 42.4 Å². The van der Waals surface area contributed by atoms with Gasteiger partial charge in [-0.05, 0) is 55.3 Å². The van der Waals surface area contributed by atoms with Gasteiger partial charge in [0.2, 0.25) is 5.91 Å². The maximum absolute atomic E-state index is 13.6. The van der Waals surface area contributed by atoms with Crippen molar-refractivity contribution in [2.75, 3.05) is 10.7 Å². The van der Waals surface area contributed by atoms with Gasteiger partial charge in [-0.3, -0.25) is 14.7 Å². The van der Waals surface area contributed by atoms with Crippen LogP contribution in [0.3, 0.4) is 0 Å². The lowest BCUT2D eigenvalue weighted by Gasteiger charge is -2.20. The number of hydrogen-bond acceptors (Lipinski definition) is 6. The number of thiazole rings is 1. The summed E-state index contributed by atoms with van der Waals surface area (Å²) in [6.07, 6.45) is 3.52. The standard InChI is InChI=1S/C24H22FN3O3S2/c1-17-6-9-20(10-7-17)33(30,31)13-3-5-23(29)28(16-18-4-2-12-26-15-18)24-27-21-11-8-19(25)14-22(21)32-24/h2,4,6-12,14-15H,3,5,13,16H2,1H3. The highest BCUT2D eigenvalue weighted by Crippen LogP contribution is 2.31. The zero-order valence-electron chi connectivity index (χ0n) is 17.9.